The van der Waals surface area contributed by atoms with Gasteiger partial charge in [-0.05, 0) is 25.5 Å². The summed E-state index contributed by atoms with van der Waals surface area (Å²) in [4.78, 5) is 24.5. The molecule has 0 saturated heterocycles. The highest BCUT2D eigenvalue weighted by molar-refractivity contribution is 7.99. The SMILES string of the molecule is CCOC(=O)C1=C(CSc2nncn2-c2cccc(OC)c2)NC(=O)NC1CC. The van der Waals surface area contributed by atoms with Crippen LogP contribution in [0, 0.1) is 0 Å². The molecule has 0 bridgehead atoms. The number of nitrogens with zero attached hydrogens (tertiary/aromatic N) is 3. The Bertz CT molecular complexity index is 927. The number of rotatable bonds is 8. The highest BCUT2D eigenvalue weighted by atomic mass is 32.2. The van der Waals surface area contributed by atoms with E-state index in [-0.39, 0.29) is 12.6 Å². The van der Waals surface area contributed by atoms with Gasteiger partial charge in [-0.3, -0.25) is 4.57 Å². The molecule has 3 rings (SSSR count). The van der Waals surface area contributed by atoms with Crippen molar-refractivity contribution >= 4 is 23.8 Å². The maximum atomic E-state index is 12.5. The van der Waals surface area contributed by atoms with Crippen molar-refractivity contribution in [3.05, 3.63) is 41.9 Å². The van der Waals surface area contributed by atoms with Gasteiger partial charge in [0.1, 0.15) is 12.1 Å². The van der Waals surface area contributed by atoms with Crippen LogP contribution in [0.2, 0.25) is 0 Å². The Labute approximate surface area is 172 Å². The minimum atomic E-state index is -0.434. The van der Waals surface area contributed by atoms with Crippen LogP contribution in [0.5, 0.6) is 5.75 Å². The Morgan fingerprint density at radius 1 is 1.34 bits per heavy atom. The van der Waals surface area contributed by atoms with E-state index in [0.717, 1.165) is 11.4 Å². The second-order valence-corrected chi connectivity index (χ2v) is 7.09. The molecular formula is C19H23N5O4S. The summed E-state index contributed by atoms with van der Waals surface area (Å²) in [7, 11) is 1.61. The Kier molecular flexibility index (Phi) is 6.76. The molecular weight excluding hydrogens is 394 g/mol. The fourth-order valence-corrected chi connectivity index (χ4v) is 3.87. The van der Waals surface area contributed by atoms with Crippen LogP contribution in [-0.4, -0.2) is 52.3 Å². The molecule has 1 unspecified atom stereocenters. The van der Waals surface area contributed by atoms with Gasteiger partial charge in [0.15, 0.2) is 5.16 Å². The third-order valence-corrected chi connectivity index (χ3v) is 5.31. The van der Waals surface area contributed by atoms with Gasteiger partial charge in [-0.15, -0.1) is 10.2 Å². The van der Waals surface area contributed by atoms with Crippen molar-refractivity contribution in [2.45, 2.75) is 31.5 Å². The maximum Gasteiger partial charge on any atom is 0.337 e. The first kappa shape index (κ1) is 20.7. The van der Waals surface area contributed by atoms with E-state index < -0.39 is 12.0 Å². The third-order valence-electron chi connectivity index (χ3n) is 4.34. The summed E-state index contributed by atoms with van der Waals surface area (Å²) in [6, 6.07) is 6.79. The average Bonchev–Trinajstić information content (AvgIpc) is 3.20. The molecule has 2 amide bonds. The van der Waals surface area contributed by atoms with Gasteiger partial charge in [0, 0.05) is 17.5 Å². The number of carbonyl (C=O) groups excluding carboxylic acids is 2. The molecule has 2 heterocycles. The van der Waals surface area contributed by atoms with E-state index in [1.807, 2.05) is 35.8 Å². The number of thioether (sulfide) groups is 1. The minimum absolute atomic E-state index is 0.261. The van der Waals surface area contributed by atoms with E-state index in [0.29, 0.717) is 28.6 Å². The molecule has 2 N–H and O–H groups in total. The zero-order valence-corrected chi connectivity index (χ0v) is 17.3. The van der Waals surface area contributed by atoms with Crippen LogP contribution in [0.3, 0.4) is 0 Å². The number of esters is 1. The van der Waals surface area contributed by atoms with Crippen LogP contribution < -0.4 is 15.4 Å². The smallest absolute Gasteiger partial charge is 0.337 e. The second kappa shape index (κ2) is 9.46. The second-order valence-electron chi connectivity index (χ2n) is 6.15. The van der Waals surface area contributed by atoms with E-state index in [1.54, 1.807) is 20.4 Å². The number of nitrogens with one attached hydrogen (secondary N) is 2. The molecule has 1 aromatic carbocycles. The zero-order chi connectivity index (χ0) is 20.8. The van der Waals surface area contributed by atoms with Gasteiger partial charge in [0.05, 0.1) is 31.0 Å². The summed E-state index contributed by atoms with van der Waals surface area (Å²) < 4.78 is 12.3. The van der Waals surface area contributed by atoms with Crippen molar-refractivity contribution in [3.63, 3.8) is 0 Å². The van der Waals surface area contributed by atoms with Crippen molar-refractivity contribution < 1.29 is 19.1 Å². The lowest BCUT2D eigenvalue weighted by Gasteiger charge is -2.28. The molecule has 2 aromatic rings. The normalized spacial score (nSPS) is 16.2. The lowest BCUT2D eigenvalue weighted by molar-refractivity contribution is -0.139. The molecule has 29 heavy (non-hydrogen) atoms. The Hall–Kier alpha value is -3.01. The van der Waals surface area contributed by atoms with Gasteiger partial charge in [0.2, 0.25) is 0 Å². The first-order valence-electron chi connectivity index (χ1n) is 9.22. The van der Waals surface area contributed by atoms with Crippen molar-refractivity contribution in [2.24, 2.45) is 0 Å². The van der Waals surface area contributed by atoms with E-state index in [1.165, 1.54) is 11.8 Å². The highest BCUT2D eigenvalue weighted by Crippen LogP contribution is 2.26. The quantitative estimate of drug-likeness (QED) is 0.501. The van der Waals surface area contributed by atoms with Gasteiger partial charge in [0.25, 0.3) is 0 Å². The van der Waals surface area contributed by atoms with Crippen LogP contribution in [-0.2, 0) is 9.53 Å². The number of amides is 2. The zero-order valence-electron chi connectivity index (χ0n) is 16.5. The average molecular weight is 417 g/mol. The topological polar surface area (TPSA) is 107 Å². The van der Waals surface area contributed by atoms with Crippen LogP contribution in [0.1, 0.15) is 20.3 Å². The van der Waals surface area contributed by atoms with Gasteiger partial charge >= 0.3 is 12.0 Å². The van der Waals surface area contributed by atoms with Gasteiger partial charge in [-0.1, -0.05) is 24.8 Å². The number of hydrogen-bond acceptors (Lipinski definition) is 7. The number of urea groups is 1. The number of carbonyl (C=O) groups is 2. The summed E-state index contributed by atoms with van der Waals surface area (Å²) in [5.41, 5.74) is 1.80. The molecule has 0 fully saturated rings. The number of benzene rings is 1. The Morgan fingerprint density at radius 3 is 2.90 bits per heavy atom. The summed E-state index contributed by atoms with van der Waals surface area (Å²) in [6.45, 7) is 3.91. The predicted octanol–water partition coefficient (Wildman–Crippen LogP) is 2.28. The number of methoxy groups -OCH3 is 1. The van der Waals surface area contributed by atoms with Crippen LogP contribution >= 0.6 is 11.8 Å². The van der Waals surface area contributed by atoms with Gasteiger partial charge in [-0.25, -0.2) is 9.59 Å². The number of ether oxygens (including phenoxy) is 2. The fraction of sp³-hybridized carbons (Fsp3) is 0.368. The lowest BCUT2D eigenvalue weighted by atomic mass is 10.0. The lowest BCUT2D eigenvalue weighted by Crippen LogP contribution is -2.50. The van der Waals surface area contributed by atoms with Crippen LogP contribution in [0.4, 0.5) is 4.79 Å². The van der Waals surface area contributed by atoms with Gasteiger partial charge < -0.3 is 20.1 Å². The molecule has 0 radical (unpaired) electrons. The maximum absolute atomic E-state index is 12.5. The molecule has 0 aliphatic carbocycles. The van der Waals surface area contributed by atoms with Crippen LogP contribution in [0.15, 0.2) is 47.0 Å². The van der Waals surface area contributed by atoms with E-state index >= 15 is 0 Å². The molecule has 154 valence electrons. The summed E-state index contributed by atoms with van der Waals surface area (Å²) in [5.74, 6) is 0.619. The van der Waals surface area contributed by atoms with Gasteiger partial charge in [-0.2, -0.15) is 0 Å². The summed E-state index contributed by atoms with van der Waals surface area (Å²) >= 11 is 1.36. The van der Waals surface area contributed by atoms with Crippen LogP contribution in [0.25, 0.3) is 5.69 Å². The predicted molar refractivity (Wildman–Crippen MR) is 108 cm³/mol. The fourth-order valence-electron chi connectivity index (χ4n) is 2.97. The third kappa shape index (κ3) is 4.70. The monoisotopic (exact) mass is 417 g/mol. The molecule has 1 aliphatic heterocycles. The number of aromatic nitrogens is 3. The molecule has 1 aromatic heterocycles. The summed E-state index contributed by atoms with van der Waals surface area (Å²) in [6.07, 6.45) is 2.18. The molecule has 0 spiro atoms. The first-order valence-corrected chi connectivity index (χ1v) is 10.2. The molecule has 0 saturated carbocycles. The minimum Gasteiger partial charge on any atom is -0.497 e. The molecule has 1 aliphatic rings. The molecule has 10 heteroatoms. The number of hydrogen-bond donors (Lipinski definition) is 2. The highest BCUT2D eigenvalue weighted by Gasteiger charge is 2.31. The van der Waals surface area contributed by atoms with Crippen molar-refractivity contribution in [3.8, 4) is 11.4 Å². The van der Waals surface area contributed by atoms with Crippen molar-refractivity contribution in [1.29, 1.82) is 0 Å². The Balaban J connectivity index is 1.86. The standard InChI is InChI=1S/C19H23N5O4S/c1-4-14-16(17(25)28-5-2)15(22-18(26)21-14)10-29-19-23-20-11-24(19)12-7-6-8-13(9-12)27-3/h6-9,11,14H,4-5,10H2,1-3H3,(H2,21,22,26). The van der Waals surface area contributed by atoms with E-state index in [4.69, 9.17) is 9.47 Å². The summed E-state index contributed by atoms with van der Waals surface area (Å²) in [5, 5.41) is 14.3. The molecule has 1 atom stereocenters. The molecule has 9 nitrogen and oxygen atoms in total. The largest absolute Gasteiger partial charge is 0.497 e. The van der Waals surface area contributed by atoms with E-state index in [2.05, 4.69) is 20.8 Å². The van der Waals surface area contributed by atoms with E-state index in [9.17, 15) is 9.59 Å². The first-order chi connectivity index (χ1) is 14.1. The van der Waals surface area contributed by atoms with Crippen molar-refractivity contribution in [1.82, 2.24) is 25.4 Å². The van der Waals surface area contributed by atoms with Crippen molar-refractivity contribution in [2.75, 3.05) is 19.5 Å². The Morgan fingerprint density at radius 2 is 2.17 bits per heavy atom.